The second-order valence-corrected chi connectivity index (χ2v) is 6.50. The number of hydrogen-bond donors (Lipinski definition) is 2. The molecule has 8 heteroatoms. The Kier molecular flexibility index (Phi) is 5.91. The third-order valence-corrected chi connectivity index (χ3v) is 4.17. The van der Waals surface area contributed by atoms with Crippen LogP contribution < -0.4 is 10.6 Å². The summed E-state index contributed by atoms with van der Waals surface area (Å²) in [5, 5.41) is 15.9. The van der Waals surface area contributed by atoms with Crippen molar-refractivity contribution in [3.63, 3.8) is 0 Å². The van der Waals surface area contributed by atoms with Crippen LogP contribution in [-0.4, -0.2) is 21.7 Å². The minimum atomic E-state index is 0.348. The zero-order chi connectivity index (χ0) is 17.6. The summed E-state index contributed by atoms with van der Waals surface area (Å²) >= 11 is 17.9. The van der Waals surface area contributed by atoms with E-state index in [2.05, 4.69) is 25.8 Å². The molecule has 0 fully saturated rings. The molecule has 3 aromatic rings. The molecule has 0 saturated carbocycles. The fraction of sp³-hybridized carbons (Fsp3) is 0.118. The number of hydrogen-bond acceptors (Lipinski definition) is 5. The summed E-state index contributed by atoms with van der Waals surface area (Å²) in [4.78, 5) is 4.37. The van der Waals surface area contributed by atoms with E-state index in [1.165, 1.54) is 5.56 Å². The molecular formula is C17H14Cl3N5. The number of aromatic nitrogens is 3. The highest BCUT2D eigenvalue weighted by molar-refractivity contribution is 6.36. The van der Waals surface area contributed by atoms with Crippen molar-refractivity contribution in [1.82, 2.24) is 15.2 Å². The molecule has 0 bridgehead atoms. The van der Waals surface area contributed by atoms with Gasteiger partial charge in [-0.2, -0.15) is 10.1 Å². The quantitative estimate of drug-likeness (QED) is 0.599. The molecule has 0 amide bonds. The molecule has 128 valence electrons. The summed E-state index contributed by atoms with van der Waals surface area (Å²) in [7, 11) is 0. The van der Waals surface area contributed by atoms with Gasteiger partial charge in [0.15, 0.2) is 5.82 Å². The molecule has 1 aromatic heterocycles. The van der Waals surface area contributed by atoms with E-state index in [0.29, 0.717) is 34.0 Å². The number of anilines is 3. The summed E-state index contributed by atoms with van der Waals surface area (Å²) in [5.74, 6) is 0.970. The summed E-state index contributed by atoms with van der Waals surface area (Å²) in [5.41, 5.74) is 1.84. The molecular weight excluding hydrogens is 381 g/mol. The fourth-order valence-electron chi connectivity index (χ4n) is 2.14. The molecule has 1 heterocycles. The van der Waals surface area contributed by atoms with E-state index >= 15 is 0 Å². The van der Waals surface area contributed by atoms with Crippen LogP contribution in [0, 0.1) is 0 Å². The minimum absolute atomic E-state index is 0.348. The molecule has 5 nitrogen and oxygen atoms in total. The van der Waals surface area contributed by atoms with Crippen molar-refractivity contribution in [1.29, 1.82) is 0 Å². The molecule has 3 rings (SSSR count). The van der Waals surface area contributed by atoms with Crippen LogP contribution in [0.2, 0.25) is 15.1 Å². The van der Waals surface area contributed by atoms with Crippen LogP contribution in [0.5, 0.6) is 0 Å². The summed E-state index contributed by atoms with van der Waals surface area (Å²) < 4.78 is 0. The largest absolute Gasteiger partial charge is 0.368 e. The molecule has 0 aliphatic heterocycles. The van der Waals surface area contributed by atoms with Gasteiger partial charge in [0, 0.05) is 16.6 Å². The van der Waals surface area contributed by atoms with E-state index in [1.54, 1.807) is 24.4 Å². The number of nitrogens with zero attached hydrogens (tertiary/aromatic N) is 3. The van der Waals surface area contributed by atoms with Crippen molar-refractivity contribution in [2.45, 2.75) is 6.42 Å². The minimum Gasteiger partial charge on any atom is -0.368 e. The average molecular weight is 395 g/mol. The van der Waals surface area contributed by atoms with Crippen molar-refractivity contribution in [3.8, 4) is 0 Å². The number of nitrogens with one attached hydrogen (secondary N) is 2. The molecule has 2 N–H and O–H groups in total. The van der Waals surface area contributed by atoms with Gasteiger partial charge in [0.2, 0.25) is 5.95 Å². The van der Waals surface area contributed by atoms with Crippen molar-refractivity contribution < 1.29 is 0 Å². The van der Waals surface area contributed by atoms with Crippen molar-refractivity contribution in [2.75, 3.05) is 17.2 Å². The Labute approximate surface area is 160 Å². The van der Waals surface area contributed by atoms with E-state index in [-0.39, 0.29) is 0 Å². The highest BCUT2D eigenvalue weighted by Crippen LogP contribution is 2.27. The van der Waals surface area contributed by atoms with Gasteiger partial charge in [0.25, 0.3) is 0 Å². The third kappa shape index (κ3) is 5.19. The summed E-state index contributed by atoms with van der Waals surface area (Å²) in [6, 6.07) is 12.9. The van der Waals surface area contributed by atoms with Gasteiger partial charge in [-0.05, 0) is 42.3 Å². The van der Waals surface area contributed by atoms with E-state index < -0.39 is 0 Å². The lowest BCUT2D eigenvalue weighted by atomic mass is 10.1. The standard InChI is InChI=1S/C17H14Cl3N5/c18-12-3-1-11(2-4-12)7-8-21-16-10-22-25-17(24-16)23-15-6-5-13(19)9-14(15)20/h1-6,9-10H,7-8H2,(H2,21,23,24,25). The van der Waals surface area contributed by atoms with Gasteiger partial charge < -0.3 is 10.6 Å². The third-order valence-electron chi connectivity index (χ3n) is 3.37. The average Bonchev–Trinajstić information content (AvgIpc) is 2.60. The molecule has 0 unspecified atom stereocenters. The molecule has 0 spiro atoms. The number of halogens is 3. The van der Waals surface area contributed by atoms with Gasteiger partial charge in [-0.25, -0.2) is 0 Å². The lowest BCUT2D eigenvalue weighted by Gasteiger charge is -2.09. The second-order valence-electron chi connectivity index (χ2n) is 5.22. The van der Waals surface area contributed by atoms with Crippen LogP contribution in [-0.2, 0) is 6.42 Å². The topological polar surface area (TPSA) is 62.7 Å². The van der Waals surface area contributed by atoms with E-state index in [0.717, 1.165) is 11.4 Å². The summed E-state index contributed by atoms with van der Waals surface area (Å²) in [6.07, 6.45) is 2.41. The van der Waals surface area contributed by atoms with Gasteiger partial charge >= 0.3 is 0 Å². The smallest absolute Gasteiger partial charge is 0.249 e. The first-order valence-electron chi connectivity index (χ1n) is 7.50. The maximum Gasteiger partial charge on any atom is 0.249 e. The van der Waals surface area contributed by atoms with E-state index in [4.69, 9.17) is 34.8 Å². The zero-order valence-electron chi connectivity index (χ0n) is 13.0. The second kappa shape index (κ2) is 8.34. The van der Waals surface area contributed by atoms with Crippen LogP contribution in [0.25, 0.3) is 0 Å². The van der Waals surface area contributed by atoms with E-state index in [9.17, 15) is 0 Å². The van der Waals surface area contributed by atoms with E-state index in [1.807, 2.05) is 24.3 Å². The summed E-state index contributed by atoms with van der Waals surface area (Å²) in [6.45, 7) is 0.710. The van der Waals surface area contributed by atoms with Crippen LogP contribution >= 0.6 is 34.8 Å². The monoisotopic (exact) mass is 393 g/mol. The molecule has 0 saturated heterocycles. The SMILES string of the molecule is Clc1ccc(CCNc2cnnc(Nc3ccc(Cl)cc3Cl)n2)cc1. The van der Waals surface area contributed by atoms with Gasteiger partial charge in [-0.15, -0.1) is 5.10 Å². The van der Waals surface area contributed by atoms with Crippen LogP contribution in [0.3, 0.4) is 0 Å². The first-order chi connectivity index (χ1) is 12.1. The molecule has 0 atom stereocenters. The van der Waals surface area contributed by atoms with Crippen LogP contribution in [0.1, 0.15) is 5.56 Å². The molecule has 25 heavy (non-hydrogen) atoms. The first-order valence-corrected chi connectivity index (χ1v) is 8.64. The highest BCUT2D eigenvalue weighted by Gasteiger charge is 2.05. The molecule has 0 radical (unpaired) electrons. The Bertz CT molecular complexity index is 855. The predicted molar refractivity (Wildman–Crippen MR) is 103 cm³/mol. The van der Waals surface area contributed by atoms with Crippen LogP contribution in [0.4, 0.5) is 17.5 Å². The maximum atomic E-state index is 6.13. The Morgan fingerprint density at radius 1 is 0.920 bits per heavy atom. The zero-order valence-corrected chi connectivity index (χ0v) is 15.3. The number of benzene rings is 2. The van der Waals surface area contributed by atoms with Crippen LogP contribution in [0.15, 0.2) is 48.7 Å². The van der Waals surface area contributed by atoms with Gasteiger partial charge in [0.05, 0.1) is 16.9 Å². The number of rotatable bonds is 6. The Morgan fingerprint density at radius 3 is 2.44 bits per heavy atom. The van der Waals surface area contributed by atoms with Crippen molar-refractivity contribution >= 4 is 52.3 Å². The normalized spacial score (nSPS) is 10.5. The van der Waals surface area contributed by atoms with Crippen molar-refractivity contribution in [2.24, 2.45) is 0 Å². The lowest BCUT2D eigenvalue weighted by Crippen LogP contribution is -2.08. The van der Waals surface area contributed by atoms with Crippen molar-refractivity contribution in [3.05, 3.63) is 69.3 Å². The highest BCUT2D eigenvalue weighted by atomic mass is 35.5. The van der Waals surface area contributed by atoms with Gasteiger partial charge in [0.1, 0.15) is 0 Å². The Morgan fingerprint density at radius 2 is 1.68 bits per heavy atom. The predicted octanol–water partition coefficient (Wildman–Crippen LogP) is 5.23. The molecule has 0 aliphatic rings. The maximum absolute atomic E-state index is 6.13. The molecule has 2 aromatic carbocycles. The van der Waals surface area contributed by atoms with Gasteiger partial charge in [-0.1, -0.05) is 46.9 Å². The Balaban J connectivity index is 1.60. The van der Waals surface area contributed by atoms with Gasteiger partial charge in [-0.3, -0.25) is 0 Å². The first kappa shape index (κ1) is 17.7. The fourth-order valence-corrected chi connectivity index (χ4v) is 2.72. The lowest BCUT2D eigenvalue weighted by molar-refractivity contribution is 0.950. The molecule has 0 aliphatic carbocycles. The Hall–Kier alpha value is -2.08.